The van der Waals surface area contributed by atoms with E-state index in [1.54, 1.807) is 0 Å². The normalized spacial score (nSPS) is 15.2. The molecule has 1 saturated heterocycles. The Balaban J connectivity index is 1.29. The van der Waals surface area contributed by atoms with E-state index in [1.165, 1.54) is 40.3 Å². The molecular weight excluding hydrogens is 396 g/mol. The minimum atomic E-state index is 0.650. The Morgan fingerprint density at radius 1 is 1.06 bits per heavy atom. The molecule has 0 bridgehead atoms. The van der Waals surface area contributed by atoms with Crippen molar-refractivity contribution >= 4 is 33.4 Å². The number of rotatable bonds is 8. The monoisotopic (exact) mass is 430 g/mol. The van der Waals surface area contributed by atoms with Crippen LogP contribution in [0.5, 0.6) is 0 Å². The molecular formula is C26H34N6. The van der Waals surface area contributed by atoms with Crippen LogP contribution in [-0.2, 0) is 6.42 Å². The number of aromatic nitrogens is 3. The first-order chi connectivity index (χ1) is 15.7. The lowest BCUT2D eigenvalue weighted by atomic mass is 9.90. The van der Waals surface area contributed by atoms with E-state index >= 15 is 0 Å². The summed E-state index contributed by atoms with van der Waals surface area (Å²) in [7, 11) is 2.17. The third-order valence-corrected chi connectivity index (χ3v) is 6.92. The zero-order valence-corrected chi connectivity index (χ0v) is 19.2. The molecule has 0 atom stereocenters. The molecule has 4 N–H and O–H groups in total. The minimum Gasteiger partial charge on any atom is -0.361 e. The van der Waals surface area contributed by atoms with Gasteiger partial charge in [0.25, 0.3) is 0 Å². The van der Waals surface area contributed by atoms with Crippen molar-refractivity contribution in [1.82, 2.24) is 25.2 Å². The predicted molar refractivity (Wildman–Crippen MR) is 134 cm³/mol. The fraction of sp³-hybridized carbons (Fsp3) is 0.423. The Kier molecular flexibility index (Phi) is 6.14. The van der Waals surface area contributed by atoms with Crippen molar-refractivity contribution in [3.8, 4) is 0 Å². The number of fused-ring (bicyclic) bond motifs is 2. The molecule has 1 fully saturated rings. The summed E-state index contributed by atoms with van der Waals surface area (Å²) in [5.41, 5.74) is 5.99. The lowest BCUT2D eigenvalue weighted by molar-refractivity contribution is 0.347. The highest BCUT2D eigenvalue weighted by molar-refractivity contribution is 5.88. The van der Waals surface area contributed by atoms with Crippen LogP contribution in [0.4, 0.5) is 11.5 Å². The third-order valence-electron chi connectivity index (χ3n) is 6.92. The van der Waals surface area contributed by atoms with Crippen LogP contribution in [0.1, 0.15) is 43.2 Å². The molecule has 1 aliphatic rings. The number of piperidine rings is 1. The van der Waals surface area contributed by atoms with Gasteiger partial charge in [0.15, 0.2) is 0 Å². The van der Waals surface area contributed by atoms with Crippen LogP contribution >= 0.6 is 0 Å². The maximum Gasteiger partial charge on any atom is 0.139 e. The molecule has 0 unspecified atom stereocenters. The second kappa shape index (κ2) is 9.35. The Hall–Kier alpha value is -2.83. The van der Waals surface area contributed by atoms with Crippen LogP contribution in [0, 0.1) is 0 Å². The molecule has 0 amide bonds. The standard InChI is InChI=1S/C26H34N6/c1-3-32(2)14-4-5-19-16-29-26-21(19)8-9-25(31-26)30-20-6-7-22-23(17-28-24(22)15-20)18-10-12-27-13-11-18/h6-9,15-18,27-28H,3-5,10-14H2,1-2H3,(H2,29,30,31). The second-order valence-corrected chi connectivity index (χ2v) is 9.06. The Morgan fingerprint density at radius 3 is 2.75 bits per heavy atom. The highest BCUT2D eigenvalue weighted by Gasteiger charge is 2.18. The number of H-pyrrole nitrogens is 2. The van der Waals surface area contributed by atoms with Crippen molar-refractivity contribution in [3.63, 3.8) is 0 Å². The number of hydrogen-bond donors (Lipinski definition) is 4. The Labute approximate surface area is 189 Å². The van der Waals surface area contributed by atoms with E-state index in [1.807, 2.05) is 0 Å². The van der Waals surface area contributed by atoms with Gasteiger partial charge in [-0.1, -0.05) is 13.0 Å². The van der Waals surface area contributed by atoms with E-state index in [2.05, 4.69) is 82.2 Å². The van der Waals surface area contributed by atoms with Crippen molar-refractivity contribution in [1.29, 1.82) is 0 Å². The van der Waals surface area contributed by atoms with Gasteiger partial charge in [-0.05, 0) is 100 Å². The van der Waals surface area contributed by atoms with Crippen molar-refractivity contribution in [2.45, 2.75) is 38.5 Å². The summed E-state index contributed by atoms with van der Waals surface area (Å²) >= 11 is 0. The van der Waals surface area contributed by atoms with Gasteiger partial charge in [-0.15, -0.1) is 0 Å². The molecule has 6 heteroatoms. The van der Waals surface area contributed by atoms with Gasteiger partial charge in [0, 0.05) is 34.4 Å². The average molecular weight is 431 g/mol. The van der Waals surface area contributed by atoms with Gasteiger partial charge in [0.1, 0.15) is 11.5 Å². The minimum absolute atomic E-state index is 0.650. The van der Waals surface area contributed by atoms with Crippen molar-refractivity contribution in [3.05, 3.63) is 53.9 Å². The maximum absolute atomic E-state index is 4.82. The summed E-state index contributed by atoms with van der Waals surface area (Å²) in [6.07, 6.45) is 8.97. The summed E-state index contributed by atoms with van der Waals surface area (Å²) in [4.78, 5) is 14.0. The molecule has 5 rings (SSSR count). The quantitative estimate of drug-likeness (QED) is 0.312. The summed E-state index contributed by atoms with van der Waals surface area (Å²) < 4.78 is 0. The van der Waals surface area contributed by atoms with E-state index in [9.17, 15) is 0 Å². The molecule has 168 valence electrons. The van der Waals surface area contributed by atoms with E-state index in [0.717, 1.165) is 56.2 Å². The number of hydrogen-bond acceptors (Lipinski definition) is 4. The number of aromatic amines is 2. The Morgan fingerprint density at radius 2 is 1.91 bits per heavy atom. The van der Waals surface area contributed by atoms with E-state index < -0.39 is 0 Å². The molecule has 6 nitrogen and oxygen atoms in total. The number of benzene rings is 1. The van der Waals surface area contributed by atoms with Crippen LogP contribution < -0.4 is 10.6 Å². The average Bonchev–Trinajstić information content (AvgIpc) is 3.43. The van der Waals surface area contributed by atoms with E-state index in [4.69, 9.17) is 4.98 Å². The number of anilines is 2. The van der Waals surface area contributed by atoms with Crippen molar-refractivity contribution < 1.29 is 0 Å². The lowest BCUT2D eigenvalue weighted by Crippen LogP contribution is -2.26. The first-order valence-corrected chi connectivity index (χ1v) is 12.0. The number of nitrogens with zero attached hydrogens (tertiary/aromatic N) is 2. The fourth-order valence-corrected chi connectivity index (χ4v) is 4.88. The van der Waals surface area contributed by atoms with Gasteiger partial charge in [0.2, 0.25) is 0 Å². The molecule has 3 aromatic heterocycles. The van der Waals surface area contributed by atoms with Crippen LogP contribution in [0.15, 0.2) is 42.7 Å². The molecule has 0 saturated carbocycles. The second-order valence-electron chi connectivity index (χ2n) is 9.06. The molecule has 4 aromatic rings. The number of pyridine rings is 1. The highest BCUT2D eigenvalue weighted by atomic mass is 15.1. The SMILES string of the molecule is CCN(C)CCCc1c[nH]c2nc(Nc3ccc4c(C5CCNCC5)c[nH]c4c3)ccc12. The molecule has 0 radical (unpaired) electrons. The van der Waals surface area contributed by atoms with Crippen molar-refractivity contribution in [2.24, 2.45) is 0 Å². The predicted octanol–water partition coefficient (Wildman–Crippen LogP) is 5.14. The van der Waals surface area contributed by atoms with Crippen LogP contribution in [0.3, 0.4) is 0 Å². The van der Waals surface area contributed by atoms with Gasteiger partial charge >= 0.3 is 0 Å². The molecule has 1 aromatic carbocycles. The Bertz CT molecular complexity index is 1180. The van der Waals surface area contributed by atoms with Crippen LogP contribution in [-0.4, -0.2) is 53.1 Å². The number of aryl methyl sites for hydroxylation is 1. The summed E-state index contributed by atoms with van der Waals surface area (Å²) in [5.74, 6) is 1.51. The van der Waals surface area contributed by atoms with E-state index in [0.29, 0.717) is 5.92 Å². The zero-order chi connectivity index (χ0) is 21.9. The maximum atomic E-state index is 4.82. The largest absolute Gasteiger partial charge is 0.361 e. The smallest absolute Gasteiger partial charge is 0.139 e. The molecule has 1 aliphatic heterocycles. The molecule has 0 spiro atoms. The van der Waals surface area contributed by atoms with Gasteiger partial charge in [0.05, 0.1) is 0 Å². The topological polar surface area (TPSA) is 71.8 Å². The zero-order valence-electron chi connectivity index (χ0n) is 19.2. The first kappa shape index (κ1) is 21.0. The molecule has 0 aliphatic carbocycles. The van der Waals surface area contributed by atoms with Gasteiger partial charge in [-0.3, -0.25) is 0 Å². The summed E-state index contributed by atoms with van der Waals surface area (Å²) in [6.45, 7) is 6.64. The van der Waals surface area contributed by atoms with Gasteiger partial charge < -0.3 is 25.5 Å². The summed E-state index contributed by atoms with van der Waals surface area (Å²) in [5, 5.41) is 9.51. The first-order valence-electron chi connectivity index (χ1n) is 12.0. The fourth-order valence-electron chi connectivity index (χ4n) is 4.88. The van der Waals surface area contributed by atoms with E-state index in [-0.39, 0.29) is 0 Å². The highest BCUT2D eigenvalue weighted by Crippen LogP contribution is 2.33. The van der Waals surface area contributed by atoms with Gasteiger partial charge in [-0.25, -0.2) is 4.98 Å². The van der Waals surface area contributed by atoms with Gasteiger partial charge in [-0.2, -0.15) is 0 Å². The summed E-state index contributed by atoms with van der Waals surface area (Å²) in [6, 6.07) is 10.9. The molecule has 32 heavy (non-hydrogen) atoms. The van der Waals surface area contributed by atoms with Crippen LogP contribution in [0.25, 0.3) is 21.9 Å². The number of nitrogens with one attached hydrogen (secondary N) is 4. The van der Waals surface area contributed by atoms with Crippen LogP contribution in [0.2, 0.25) is 0 Å². The lowest BCUT2D eigenvalue weighted by Gasteiger charge is -2.22. The third kappa shape index (κ3) is 4.38. The molecule has 4 heterocycles. The van der Waals surface area contributed by atoms with Crippen molar-refractivity contribution in [2.75, 3.05) is 38.5 Å².